The summed E-state index contributed by atoms with van der Waals surface area (Å²) in [7, 11) is 3.61. The molecule has 0 aromatic heterocycles. The SMILES string of the molecule is COc1c(C)cc(C)cc1/C(O)=C1\C(=O)C(=O)N(c2ccc(N3CCN(C)CC3)cc2)C1c1ccc(O)cc1. The molecule has 0 aliphatic carbocycles. The first-order chi connectivity index (χ1) is 18.7. The molecule has 1 amide bonds. The summed E-state index contributed by atoms with van der Waals surface area (Å²) in [6.07, 6.45) is 0. The lowest BCUT2D eigenvalue weighted by Gasteiger charge is -2.34. The third-order valence-corrected chi connectivity index (χ3v) is 7.53. The Balaban J connectivity index is 1.63. The topological polar surface area (TPSA) is 93.5 Å². The van der Waals surface area contributed by atoms with Crippen molar-refractivity contribution < 1.29 is 24.5 Å². The predicted octanol–water partition coefficient (Wildman–Crippen LogP) is 4.40. The molecule has 3 aromatic rings. The molecule has 0 saturated carbocycles. The fourth-order valence-electron chi connectivity index (χ4n) is 5.51. The van der Waals surface area contributed by atoms with Crippen LogP contribution >= 0.6 is 0 Å². The van der Waals surface area contributed by atoms with Crippen LogP contribution in [0.25, 0.3) is 5.76 Å². The van der Waals surface area contributed by atoms with Crippen LogP contribution in [0.1, 0.15) is 28.3 Å². The van der Waals surface area contributed by atoms with Gasteiger partial charge in [-0.25, -0.2) is 0 Å². The molecular weight excluding hydrogens is 494 g/mol. The number of ether oxygens (including phenoxy) is 1. The van der Waals surface area contributed by atoms with E-state index in [1.807, 2.05) is 44.2 Å². The number of benzene rings is 3. The highest BCUT2D eigenvalue weighted by molar-refractivity contribution is 6.51. The largest absolute Gasteiger partial charge is 0.508 e. The number of anilines is 2. The number of hydrogen-bond donors (Lipinski definition) is 2. The van der Waals surface area contributed by atoms with E-state index in [-0.39, 0.29) is 17.1 Å². The lowest BCUT2D eigenvalue weighted by Crippen LogP contribution is -2.44. The summed E-state index contributed by atoms with van der Waals surface area (Å²) in [5, 5.41) is 21.5. The number of aliphatic hydroxyl groups excluding tert-OH is 1. The van der Waals surface area contributed by atoms with E-state index in [1.165, 1.54) is 24.1 Å². The van der Waals surface area contributed by atoms with E-state index in [0.29, 0.717) is 22.6 Å². The number of aryl methyl sites for hydroxylation is 2. The number of phenols is 1. The van der Waals surface area contributed by atoms with Crippen LogP contribution < -0.4 is 14.5 Å². The van der Waals surface area contributed by atoms with Gasteiger partial charge in [-0.3, -0.25) is 14.5 Å². The van der Waals surface area contributed by atoms with Crippen LogP contribution in [0.5, 0.6) is 11.5 Å². The maximum Gasteiger partial charge on any atom is 0.300 e. The van der Waals surface area contributed by atoms with Crippen molar-refractivity contribution in [3.05, 3.63) is 88.5 Å². The molecule has 8 heteroatoms. The zero-order valence-corrected chi connectivity index (χ0v) is 22.6. The van der Waals surface area contributed by atoms with Gasteiger partial charge < -0.3 is 24.7 Å². The van der Waals surface area contributed by atoms with E-state index in [9.17, 15) is 19.8 Å². The Morgan fingerprint density at radius 2 is 1.51 bits per heavy atom. The molecule has 2 saturated heterocycles. The van der Waals surface area contributed by atoms with Crippen molar-refractivity contribution >= 4 is 28.8 Å². The van der Waals surface area contributed by atoms with Crippen LogP contribution in [-0.4, -0.2) is 67.1 Å². The molecule has 39 heavy (non-hydrogen) atoms. The van der Waals surface area contributed by atoms with E-state index in [0.717, 1.165) is 43.0 Å². The summed E-state index contributed by atoms with van der Waals surface area (Å²) >= 11 is 0. The van der Waals surface area contributed by atoms with Crippen LogP contribution in [-0.2, 0) is 9.59 Å². The number of rotatable bonds is 5. The van der Waals surface area contributed by atoms with Gasteiger partial charge in [-0.1, -0.05) is 18.2 Å². The fourth-order valence-corrected chi connectivity index (χ4v) is 5.51. The van der Waals surface area contributed by atoms with Crippen molar-refractivity contribution in [1.29, 1.82) is 0 Å². The molecule has 3 aromatic carbocycles. The summed E-state index contributed by atoms with van der Waals surface area (Å²) in [5.74, 6) is -1.32. The zero-order chi connectivity index (χ0) is 27.8. The maximum absolute atomic E-state index is 13.6. The Hall–Kier alpha value is -4.30. The van der Waals surface area contributed by atoms with E-state index >= 15 is 0 Å². The van der Waals surface area contributed by atoms with Gasteiger partial charge in [0.05, 0.1) is 24.3 Å². The van der Waals surface area contributed by atoms with Gasteiger partial charge in [0.1, 0.15) is 17.3 Å². The minimum atomic E-state index is -0.898. The Morgan fingerprint density at radius 1 is 0.897 bits per heavy atom. The number of aromatic hydroxyl groups is 1. The highest BCUT2D eigenvalue weighted by atomic mass is 16.5. The molecule has 1 unspecified atom stereocenters. The number of Topliss-reactive ketones (excluding diaryl/α,β-unsaturated/α-hetero) is 1. The highest BCUT2D eigenvalue weighted by Crippen LogP contribution is 2.44. The molecule has 0 bridgehead atoms. The fraction of sp³-hybridized carbons (Fsp3) is 0.290. The second kappa shape index (κ2) is 10.5. The van der Waals surface area contributed by atoms with Gasteiger partial charge in [0.2, 0.25) is 0 Å². The van der Waals surface area contributed by atoms with Crippen molar-refractivity contribution in [3.8, 4) is 11.5 Å². The predicted molar refractivity (Wildman–Crippen MR) is 152 cm³/mol. The quantitative estimate of drug-likeness (QED) is 0.289. The summed E-state index contributed by atoms with van der Waals surface area (Å²) in [6, 6.07) is 16.7. The number of aliphatic hydroxyl groups is 1. The van der Waals surface area contributed by atoms with E-state index < -0.39 is 17.7 Å². The van der Waals surface area contributed by atoms with Crippen LogP contribution in [0.15, 0.2) is 66.2 Å². The minimum absolute atomic E-state index is 0.0304. The lowest BCUT2D eigenvalue weighted by molar-refractivity contribution is -0.132. The standard InChI is InChI=1S/C31H33N3O5/c1-19-17-20(2)30(39-4)25(18-19)28(36)26-27(21-5-11-24(35)12-6-21)34(31(38)29(26)37)23-9-7-22(8-10-23)33-15-13-32(3)14-16-33/h5-12,17-18,27,35-36H,13-16H2,1-4H3/b28-26+. The van der Waals surface area contributed by atoms with E-state index in [4.69, 9.17) is 4.74 Å². The Bertz CT molecular complexity index is 1440. The minimum Gasteiger partial charge on any atom is -0.508 e. The number of likely N-dealkylation sites (N-methyl/N-ethyl adjacent to an activating group) is 1. The first-order valence-corrected chi connectivity index (χ1v) is 13.0. The van der Waals surface area contributed by atoms with Gasteiger partial charge in [-0.05, 0) is 80.1 Å². The van der Waals surface area contributed by atoms with Crippen LogP contribution in [0.4, 0.5) is 11.4 Å². The molecule has 2 aliphatic rings. The van der Waals surface area contributed by atoms with Gasteiger partial charge in [0, 0.05) is 37.6 Å². The number of methoxy groups -OCH3 is 1. The number of piperazine rings is 1. The monoisotopic (exact) mass is 527 g/mol. The molecule has 0 radical (unpaired) electrons. The number of phenolic OH excluding ortho intramolecular Hbond substituents is 1. The highest BCUT2D eigenvalue weighted by Gasteiger charge is 2.47. The number of carbonyl (C=O) groups excluding carboxylic acids is 2. The number of nitrogens with zero attached hydrogens (tertiary/aromatic N) is 3. The number of ketones is 1. The van der Waals surface area contributed by atoms with E-state index in [1.54, 1.807) is 18.2 Å². The van der Waals surface area contributed by atoms with Gasteiger partial charge in [-0.15, -0.1) is 0 Å². The second-order valence-electron chi connectivity index (χ2n) is 10.2. The van der Waals surface area contributed by atoms with Crippen LogP contribution in [0.3, 0.4) is 0 Å². The first kappa shape index (κ1) is 26.3. The third kappa shape index (κ3) is 4.83. The summed E-state index contributed by atoms with van der Waals surface area (Å²) in [4.78, 5) is 33.1. The molecule has 202 valence electrons. The molecule has 8 nitrogen and oxygen atoms in total. The zero-order valence-electron chi connectivity index (χ0n) is 22.6. The smallest absolute Gasteiger partial charge is 0.300 e. The Morgan fingerprint density at radius 3 is 2.13 bits per heavy atom. The van der Waals surface area contributed by atoms with Gasteiger partial charge in [0.25, 0.3) is 11.7 Å². The van der Waals surface area contributed by atoms with E-state index in [2.05, 4.69) is 16.8 Å². The number of hydrogen-bond acceptors (Lipinski definition) is 7. The van der Waals surface area contributed by atoms with Crippen molar-refractivity contribution in [2.45, 2.75) is 19.9 Å². The maximum atomic E-state index is 13.6. The van der Waals surface area contributed by atoms with Gasteiger partial charge in [-0.2, -0.15) is 0 Å². The number of amides is 1. The summed E-state index contributed by atoms with van der Waals surface area (Å²) in [6.45, 7) is 7.51. The molecule has 1 atom stereocenters. The lowest BCUT2D eigenvalue weighted by atomic mass is 9.93. The summed E-state index contributed by atoms with van der Waals surface area (Å²) < 4.78 is 5.57. The van der Waals surface area contributed by atoms with Gasteiger partial charge in [0.15, 0.2) is 0 Å². The molecule has 2 aliphatic heterocycles. The second-order valence-corrected chi connectivity index (χ2v) is 10.2. The van der Waals surface area contributed by atoms with Crippen molar-refractivity contribution in [1.82, 2.24) is 4.90 Å². The van der Waals surface area contributed by atoms with Gasteiger partial charge >= 0.3 is 0 Å². The third-order valence-electron chi connectivity index (χ3n) is 7.53. The number of carbonyl (C=O) groups is 2. The van der Waals surface area contributed by atoms with Crippen LogP contribution in [0, 0.1) is 13.8 Å². The Labute approximate surface area is 228 Å². The average molecular weight is 528 g/mol. The normalized spacial score (nSPS) is 19.5. The van der Waals surface area contributed by atoms with Crippen molar-refractivity contribution in [3.63, 3.8) is 0 Å². The Kier molecular flexibility index (Phi) is 7.06. The summed E-state index contributed by atoms with van der Waals surface area (Å²) in [5.41, 5.74) is 4.17. The molecular formula is C31H33N3O5. The van der Waals surface area contributed by atoms with Crippen molar-refractivity contribution in [2.24, 2.45) is 0 Å². The van der Waals surface area contributed by atoms with Crippen molar-refractivity contribution in [2.75, 3.05) is 50.1 Å². The first-order valence-electron chi connectivity index (χ1n) is 13.0. The molecule has 2 heterocycles. The molecule has 5 rings (SSSR count). The molecule has 2 N–H and O–H groups in total. The van der Waals surface area contributed by atoms with Crippen LogP contribution in [0.2, 0.25) is 0 Å². The molecule has 2 fully saturated rings. The average Bonchev–Trinajstić information content (AvgIpc) is 3.19. The molecule has 0 spiro atoms.